The summed E-state index contributed by atoms with van der Waals surface area (Å²) in [6.45, 7) is 0. The van der Waals surface area contributed by atoms with Crippen molar-refractivity contribution in [1.29, 1.82) is 0 Å². The molecule has 0 aliphatic heterocycles. The summed E-state index contributed by atoms with van der Waals surface area (Å²) in [5.74, 6) is -0.161. The zero-order valence-electron chi connectivity index (χ0n) is 7.58. The Morgan fingerprint density at radius 1 is 1.53 bits per heavy atom. The number of aryl methyl sites for hydroxylation is 1. The fraction of sp³-hybridized carbons (Fsp3) is 0.250. The molecule has 15 heavy (non-hydrogen) atoms. The Morgan fingerprint density at radius 2 is 2.40 bits per heavy atom. The standard InChI is InChI=1S/C8H7N3O3S/c12-7(13)2-1-6-10-11-8(14-6)5-3-9-4-15-5/h3-4H,1-2H2,(H,12,13). The highest BCUT2D eigenvalue weighted by Gasteiger charge is 2.10. The number of hydrogen-bond donors (Lipinski definition) is 1. The van der Waals surface area contributed by atoms with Gasteiger partial charge in [0.15, 0.2) is 0 Å². The summed E-state index contributed by atoms with van der Waals surface area (Å²) in [7, 11) is 0. The third-order valence-corrected chi connectivity index (χ3v) is 2.42. The Morgan fingerprint density at radius 3 is 3.07 bits per heavy atom. The Bertz CT molecular complexity index is 451. The van der Waals surface area contributed by atoms with Crippen LogP contribution in [-0.2, 0) is 11.2 Å². The molecule has 78 valence electrons. The lowest BCUT2D eigenvalue weighted by molar-refractivity contribution is -0.137. The van der Waals surface area contributed by atoms with Crippen molar-refractivity contribution in [2.45, 2.75) is 12.8 Å². The fourth-order valence-electron chi connectivity index (χ4n) is 0.989. The second kappa shape index (κ2) is 4.18. The predicted molar refractivity (Wildman–Crippen MR) is 51.4 cm³/mol. The average molecular weight is 225 g/mol. The average Bonchev–Trinajstić information content (AvgIpc) is 2.85. The van der Waals surface area contributed by atoms with Gasteiger partial charge in [0.2, 0.25) is 5.89 Å². The molecule has 2 aromatic rings. The van der Waals surface area contributed by atoms with E-state index in [1.54, 1.807) is 11.7 Å². The van der Waals surface area contributed by atoms with E-state index in [1.807, 2.05) is 0 Å². The van der Waals surface area contributed by atoms with Crippen LogP contribution < -0.4 is 0 Å². The number of aliphatic carboxylic acids is 1. The molecule has 0 aromatic carbocycles. The van der Waals surface area contributed by atoms with E-state index in [9.17, 15) is 4.79 Å². The molecule has 2 rings (SSSR count). The third-order valence-electron chi connectivity index (χ3n) is 1.66. The van der Waals surface area contributed by atoms with Crippen molar-refractivity contribution in [3.63, 3.8) is 0 Å². The first-order valence-electron chi connectivity index (χ1n) is 4.19. The molecule has 0 radical (unpaired) electrons. The van der Waals surface area contributed by atoms with Gasteiger partial charge >= 0.3 is 5.97 Å². The summed E-state index contributed by atoms with van der Waals surface area (Å²) in [6, 6.07) is 0. The van der Waals surface area contributed by atoms with Gasteiger partial charge < -0.3 is 9.52 Å². The molecule has 0 fully saturated rings. The van der Waals surface area contributed by atoms with Crippen LogP contribution in [0.5, 0.6) is 0 Å². The molecule has 0 spiro atoms. The van der Waals surface area contributed by atoms with Crippen molar-refractivity contribution in [1.82, 2.24) is 15.2 Å². The monoisotopic (exact) mass is 225 g/mol. The molecular weight excluding hydrogens is 218 g/mol. The van der Waals surface area contributed by atoms with E-state index in [0.29, 0.717) is 11.8 Å². The number of carbonyl (C=O) groups is 1. The number of aromatic nitrogens is 3. The van der Waals surface area contributed by atoms with E-state index in [2.05, 4.69) is 15.2 Å². The van der Waals surface area contributed by atoms with Crippen LogP contribution in [0.3, 0.4) is 0 Å². The smallest absolute Gasteiger partial charge is 0.303 e. The largest absolute Gasteiger partial charge is 0.481 e. The summed E-state index contributed by atoms with van der Waals surface area (Å²) in [6.07, 6.45) is 1.87. The summed E-state index contributed by atoms with van der Waals surface area (Å²) in [4.78, 5) is 15.0. The Balaban J connectivity index is 2.08. The molecule has 2 aromatic heterocycles. The van der Waals surface area contributed by atoms with Crippen LogP contribution in [-0.4, -0.2) is 26.3 Å². The van der Waals surface area contributed by atoms with Gasteiger partial charge in [0.1, 0.15) is 4.88 Å². The first-order valence-corrected chi connectivity index (χ1v) is 5.06. The van der Waals surface area contributed by atoms with E-state index in [1.165, 1.54) is 11.3 Å². The molecule has 0 atom stereocenters. The van der Waals surface area contributed by atoms with Crippen molar-refractivity contribution >= 4 is 17.3 Å². The van der Waals surface area contributed by atoms with Crippen LogP contribution in [0.2, 0.25) is 0 Å². The number of thiazole rings is 1. The number of rotatable bonds is 4. The van der Waals surface area contributed by atoms with Crippen LogP contribution in [0.1, 0.15) is 12.3 Å². The van der Waals surface area contributed by atoms with Gasteiger partial charge in [0.25, 0.3) is 5.89 Å². The molecular formula is C8H7N3O3S. The van der Waals surface area contributed by atoms with Crippen molar-refractivity contribution < 1.29 is 14.3 Å². The van der Waals surface area contributed by atoms with Gasteiger partial charge in [-0.2, -0.15) is 0 Å². The topological polar surface area (TPSA) is 89.1 Å². The van der Waals surface area contributed by atoms with E-state index < -0.39 is 5.97 Å². The van der Waals surface area contributed by atoms with Crippen molar-refractivity contribution in [2.75, 3.05) is 0 Å². The zero-order chi connectivity index (χ0) is 10.7. The minimum Gasteiger partial charge on any atom is -0.481 e. The van der Waals surface area contributed by atoms with Crippen molar-refractivity contribution in [2.24, 2.45) is 0 Å². The minimum atomic E-state index is -0.882. The van der Waals surface area contributed by atoms with Gasteiger partial charge in [0, 0.05) is 6.42 Å². The Hall–Kier alpha value is -1.76. The molecule has 0 unspecified atom stereocenters. The Labute approximate surface area is 88.6 Å². The van der Waals surface area contributed by atoms with E-state index >= 15 is 0 Å². The van der Waals surface area contributed by atoms with E-state index in [-0.39, 0.29) is 12.8 Å². The normalized spacial score (nSPS) is 10.4. The summed E-state index contributed by atoms with van der Waals surface area (Å²) >= 11 is 1.39. The molecule has 0 bridgehead atoms. The molecule has 0 aliphatic rings. The van der Waals surface area contributed by atoms with E-state index in [4.69, 9.17) is 9.52 Å². The second-order valence-electron chi connectivity index (χ2n) is 2.76. The van der Waals surface area contributed by atoms with Crippen LogP contribution >= 0.6 is 11.3 Å². The molecule has 7 heteroatoms. The molecule has 2 heterocycles. The maximum Gasteiger partial charge on any atom is 0.303 e. The lowest BCUT2D eigenvalue weighted by atomic mass is 10.3. The van der Waals surface area contributed by atoms with Gasteiger partial charge in [-0.1, -0.05) is 0 Å². The maximum atomic E-state index is 10.3. The highest BCUT2D eigenvalue weighted by Crippen LogP contribution is 2.21. The first kappa shape index (κ1) is 9.78. The number of carboxylic acids is 1. The van der Waals surface area contributed by atoms with Crippen molar-refractivity contribution in [3.8, 4) is 10.8 Å². The van der Waals surface area contributed by atoms with Crippen LogP contribution in [0, 0.1) is 0 Å². The lowest BCUT2D eigenvalue weighted by Crippen LogP contribution is -1.97. The van der Waals surface area contributed by atoms with Gasteiger partial charge in [-0.15, -0.1) is 21.5 Å². The fourth-order valence-corrected chi connectivity index (χ4v) is 1.53. The van der Waals surface area contributed by atoms with Crippen molar-refractivity contribution in [3.05, 3.63) is 17.6 Å². The second-order valence-corrected chi connectivity index (χ2v) is 3.65. The lowest BCUT2D eigenvalue weighted by Gasteiger charge is -1.88. The van der Waals surface area contributed by atoms with Gasteiger partial charge in [-0.05, 0) is 0 Å². The predicted octanol–water partition coefficient (Wildman–Crippen LogP) is 1.21. The minimum absolute atomic E-state index is 0.00960. The first-order chi connectivity index (χ1) is 7.25. The number of carboxylic acid groups (broad SMARTS) is 1. The van der Waals surface area contributed by atoms with Crippen LogP contribution in [0.25, 0.3) is 10.8 Å². The van der Waals surface area contributed by atoms with E-state index in [0.717, 1.165) is 4.88 Å². The maximum absolute atomic E-state index is 10.3. The van der Waals surface area contributed by atoms with Crippen LogP contribution in [0.4, 0.5) is 0 Å². The van der Waals surface area contributed by atoms with Crippen LogP contribution in [0.15, 0.2) is 16.1 Å². The molecule has 0 saturated heterocycles. The third kappa shape index (κ3) is 2.38. The van der Waals surface area contributed by atoms with Gasteiger partial charge in [0.05, 0.1) is 18.1 Å². The SMILES string of the molecule is O=C(O)CCc1nnc(-c2cncs2)o1. The Kier molecular flexibility index (Phi) is 2.72. The number of nitrogens with zero attached hydrogens (tertiary/aromatic N) is 3. The molecule has 0 saturated carbocycles. The summed E-state index contributed by atoms with van der Waals surface area (Å²) in [5.41, 5.74) is 1.66. The van der Waals surface area contributed by atoms with Gasteiger partial charge in [-0.3, -0.25) is 9.78 Å². The molecule has 1 N–H and O–H groups in total. The summed E-state index contributed by atoms with van der Waals surface area (Å²) < 4.78 is 5.26. The zero-order valence-corrected chi connectivity index (χ0v) is 8.40. The summed E-state index contributed by atoms with van der Waals surface area (Å²) in [5, 5.41) is 16.0. The highest BCUT2D eigenvalue weighted by molar-refractivity contribution is 7.13. The highest BCUT2D eigenvalue weighted by atomic mass is 32.1. The molecule has 6 nitrogen and oxygen atoms in total. The number of hydrogen-bond acceptors (Lipinski definition) is 6. The van der Waals surface area contributed by atoms with Gasteiger partial charge in [-0.25, -0.2) is 0 Å². The molecule has 0 aliphatic carbocycles. The molecule has 0 amide bonds. The quantitative estimate of drug-likeness (QED) is 0.841.